The quantitative estimate of drug-likeness (QED) is 0.450. The molecule has 1 heterocycles. The van der Waals surface area contributed by atoms with E-state index in [1.54, 1.807) is 36.5 Å². The summed E-state index contributed by atoms with van der Waals surface area (Å²) >= 11 is 0. The number of hydrogen-bond acceptors (Lipinski definition) is 6. The monoisotopic (exact) mass is 410 g/mol. The van der Waals surface area contributed by atoms with Gasteiger partial charge < -0.3 is 9.47 Å². The summed E-state index contributed by atoms with van der Waals surface area (Å²) in [5.41, 5.74) is 1.82. The minimum absolute atomic E-state index is 0.0810. The number of aromatic nitrogens is 2. The van der Waals surface area contributed by atoms with E-state index in [0.717, 1.165) is 5.56 Å². The van der Waals surface area contributed by atoms with Gasteiger partial charge in [-0.2, -0.15) is 15.0 Å². The molecule has 0 radical (unpaired) electrons. The Morgan fingerprint density at radius 2 is 1.84 bits per heavy atom. The highest BCUT2D eigenvalue weighted by Crippen LogP contribution is 2.27. The lowest BCUT2D eigenvalue weighted by Gasteiger charge is -2.10. The Morgan fingerprint density at radius 3 is 2.61 bits per heavy atom. The van der Waals surface area contributed by atoms with Crippen LogP contribution in [0.15, 0.2) is 82.7 Å². The number of fused-ring (bicyclic) bond motifs is 1. The number of rotatable bonds is 6. The largest absolute Gasteiger partial charge is 0.493 e. The molecule has 0 aliphatic heterocycles. The van der Waals surface area contributed by atoms with Gasteiger partial charge in [0.2, 0.25) is 0 Å². The Kier molecular flexibility index (Phi) is 5.72. The predicted molar refractivity (Wildman–Crippen MR) is 119 cm³/mol. The van der Waals surface area contributed by atoms with Crippen LogP contribution in [0.3, 0.4) is 0 Å². The molecule has 4 aromatic rings. The number of ether oxygens (including phenoxy) is 2. The first-order chi connectivity index (χ1) is 15.2. The minimum Gasteiger partial charge on any atom is -0.493 e. The van der Waals surface area contributed by atoms with Gasteiger partial charge in [-0.05, 0) is 35.9 Å². The fourth-order valence-electron chi connectivity index (χ4n) is 3.12. The van der Waals surface area contributed by atoms with Gasteiger partial charge in [0.05, 0.1) is 24.2 Å². The molecule has 7 heteroatoms. The van der Waals surface area contributed by atoms with Crippen LogP contribution in [0, 0.1) is 11.3 Å². The summed E-state index contributed by atoms with van der Waals surface area (Å²) < 4.78 is 12.0. The summed E-state index contributed by atoms with van der Waals surface area (Å²) in [4.78, 5) is 17.8. The highest BCUT2D eigenvalue weighted by molar-refractivity contribution is 5.82. The van der Waals surface area contributed by atoms with Gasteiger partial charge >= 0.3 is 0 Å². The second-order valence-corrected chi connectivity index (χ2v) is 6.54. The van der Waals surface area contributed by atoms with Crippen molar-refractivity contribution in [2.75, 3.05) is 13.7 Å². The topological polar surface area (TPSA) is 89.5 Å². The summed E-state index contributed by atoms with van der Waals surface area (Å²) in [6.07, 6.45) is 1.56. The van der Waals surface area contributed by atoms with Crippen LogP contribution in [0.25, 0.3) is 22.3 Å². The van der Waals surface area contributed by atoms with Crippen molar-refractivity contribution < 1.29 is 9.47 Å². The number of para-hydroxylation sites is 1. The molecule has 0 aliphatic rings. The van der Waals surface area contributed by atoms with Crippen LogP contribution in [-0.2, 0) is 0 Å². The lowest BCUT2D eigenvalue weighted by Crippen LogP contribution is -2.20. The SMILES string of the molecule is COc1cc(C=Nn2c(-c3ccccc3)nc3ccccc3c2=O)ccc1OCC#N. The van der Waals surface area contributed by atoms with Crippen LogP contribution >= 0.6 is 0 Å². The zero-order valence-electron chi connectivity index (χ0n) is 16.7. The van der Waals surface area contributed by atoms with Crippen molar-refractivity contribution in [3.63, 3.8) is 0 Å². The Hall–Kier alpha value is -4.44. The Morgan fingerprint density at radius 1 is 1.06 bits per heavy atom. The zero-order chi connectivity index (χ0) is 21.6. The van der Waals surface area contributed by atoms with E-state index in [1.165, 1.54) is 11.8 Å². The van der Waals surface area contributed by atoms with Gasteiger partial charge in [-0.15, -0.1) is 0 Å². The van der Waals surface area contributed by atoms with Crippen molar-refractivity contribution in [1.29, 1.82) is 5.26 Å². The highest BCUT2D eigenvalue weighted by atomic mass is 16.5. The first kappa shape index (κ1) is 19.9. The van der Waals surface area contributed by atoms with E-state index in [-0.39, 0.29) is 12.2 Å². The normalized spacial score (nSPS) is 10.8. The average Bonchev–Trinajstić information content (AvgIpc) is 2.82. The van der Waals surface area contributed by atoms with E-state index in [2.05, 4.69) is 10.1 Å². The van der Waals surface area contributed by atoms with Crippen molar-refractivity contribution >= 4 is 17.1 Å². The third kappa shape index (κ3) is 4.14. The third-order valence-electron chi connectivity index (χ3n) is 4.59. The van der Waals surface area contributed by atoms with Crippen LogP contribution in [0.1, 0.15) is 5.56 Å². The second-order valence-electron chi connectivity index (χ2n) is 6.54. The van der Waals surface area contributed by atoms with E-state index in [0.29, 0.717) is 33.8 Å². The van der Waals surface area contributed by atoms with Crippen molar-refractivity contribution in [3.8, 4) is 29.0 Å². The summed E-state index contributed by atoms with van der Waals surface area (Å²) in [5.74, 6) is 1.36. The van der Waals surface area contributed by atoms with E-state index >= 15 is 0 Å². The fourth-order valence-corrected chi connectivity index (χ4v) is 3.12. The molecule has 0 atom stereocenters. The molecule has 0 amide bonds. The van der Waals surface area contributed by atoms with Crippen LogP contribution in [0.4, 0.5) is 0 Å². The van der Waals surface area contributed by atoms with Gasteiger partial charge in [-0.1, -0.05) is 42.5 Å². The van der Waals surface area contributed by atoms with Gasteiger partial charge in [-0.25, -0.2) is 4.98 Å². The van der Waals surface area contributed by atoms with E-state index < -0.39 is 0 Å². The first-order valence-electron chi connectivity index (χ1n) is 9.50. The van der Waals surface area contributed by atoms with Gasteiger partial charge in [0.1, 0.15) is 6.07 Å². The van der Waals surface area contributed by atoms with E-state index in [9.17, 15) is 4.79 Å². The number of nitriles is 1. The molecule has 0 saturated heterocycles. The number of nitrogens with zero attached hydrogens (tertiary/aromatic N) is 4. The third-order valence-corrected chi connectivity index (χ3v) is 4.59. The molecule has 4 rings (SSSR count). The number of methoxy groups -OCH3 is 1. The van der Waals surface area contributed by atoms with Crippen molar-refractivity contribution in [1.82, 2.24) is 9.66 Å². The summed E-state index contributed by atoms with van der Waals surface area (Å²) in [7, 11) is 1.51. The van der Waals surface area contributed by atoms with Crippen molar-refractivity contribution in [3.05, 3.63) is 88.7 Å². The van der Waals surface area contributed by atoms with Crippen LogP contribution in [0.5, 0.6) is 11.5 Å². The first-order valence-corrected chi connectivity index (χ1v) is 9.50. The molecule has 152 valence electrons. The number of hydrogen-bond donors (Lipinski definition) is 0. The maximum atomic E-state index is 13.2. The molecular weight excluding hydrogens is 392 g/mol. The summed E-state index contributed by atoms with van der Waals surface area (Å²) in [6.45, 7) is -0.0810. The summed E-state index contributed by atoms with van der Waals surface area (Å²) in [5, 5.41) is 13.6. The molecule has 0 bridgehead atoms. The zero-order valence-corrected chi connectivity index (χ0v) is 16.7. The predicted octanol–water partition coefficient (Wildman–Crippen LogP) is 3.86. The molecular formula is C24H18N4O3. The Labute approximate surface area is 178 Å². The van der Waals surface area contributed by atoms with Crippen LogP contribution in [0.2, 0.25) is 0 Å². The minimum atomic E-state index is -0.262. The van der Waals surface area contributed by atoms with Gasteiger partial charge in [-0.3, -0.25) is 4.79 Å². The molecule has 0 fully saturated rings. The lowest BCUT2D eigenvalue weighted by molar-refractivity contribution is 0.329. The fraction of sp³-hybridized carbons (Fsp3) is 0.0833. The molecule has 3 aromatic carbocycles. The maximum absolute atomic E-state index is 13.2. The molecule has 0 saturated carbocycles. The summed E-state index contributed by atoms with van der Waals surface area (Å²) in [6, 6.07) is 23.7. The van der Waals surface area contributed by atoms with Gasteiger partial charge in [0.25, 0.3) is 5.56 Å². The van der Waals surface area contributed by atoms with Crippen LogP contribution in [-0.4, -0.2) is 29.6 Å². The Balaban J connectivity index is 1.81. The molecule has 1 aromatic heterocycles. The van der Waals surface area contributed by atoms with E-state index in [4.69, 9.17) is 14.7 Å². The van der Waals surface area contributed by atoms with Gasteiger partial charge in [0.15, 0.2) is 23.9 Å². The highest BCUT2D eigenvalue weighted by Gasteiger charge is 2.12. The van der Waals surface area contributed by atoms with Crippen LogP contribution < -0.4 is 15.0 Å². The number of benzene rings is 3. The standard InChI is InChI=1S/C24H18N4O3/c1-30-22-15-17(11-12-21(22)31-14-13-25)16-26-28-23(18-7-3-2-4-8-18)27-20-10-6-5-9-19(20)24(28)29/h2-12,15-16H,14H2,1H3. The Bertz CT molecular complexity index is 1360. The molecule has 0 N–H and O–H groups in total. The second kappa shape index (κ2) is 8.93. The average molecular weight is 410 g/mol. The van der Waals surface area contributed by atoms with E-state index in [1.807, 2.05) is 48.5 Å². The maximum Gasteiger partial charge on any atom is 0.282 e. The molecule has 0 spiro atoms. The van der Waals surface area contributed by atoms with Crippen molar-refractivity contribution in [2.24, 2.45) is 5.10 Å². The van der Waals surface area contributed by atoms with Crippen molar-refractivity contribution in [2.45, 2.75) is 0 Å². The molecule has 0 unspecified atom stereocenters. The smallest absolute Gasteiger partial charge is 0.282 e. The molecule has 31 heavy (non-hydrogen) atoms. The molecule has 7 nitrogen and oxygen atoms in total. The molecule has 0 aliphatic carbocycles. The lowest BCUT2D eigenvalue weighted by atomic mass is 10.2. The van der Waals surface area contributed by atoms with Gasteiger partial charge in [0, 0.05) is 5.56 Å².